The van der Waals surface area contributed by atoms with Crippen LogP contribution in [-0.2, 0) is 11.3 Å². The molecule has 1 aliphatic rings. The Balaban J connectivity index is 1.76. The van der Waals surface area contributed by atoms with Gasteiger partial charge >= 0.3 is 0 Å². The minimum absolute atomic E-state index is 0.0352. The van der Waals surface area contributed by atoms with Gasteiger partial charge in [-0.1, -0.05) is 36.9 Å². The van der Waals surface area contributed by atoms with Crippen LogP contribution in [0.15, 0.2) is 35.5 Å². The van der Waals surface area contributed by atoms with Crippen LogP contribution in [-0.4, -0.2) is 50.5 Å². The molecule has 0 saturated carbocycles. The SMILES string of the molecule is CCC(C)NC(=O)CSc1nnc(CN2CCCC2)n1-c1ccccc1. The first-order valence-corrected chi connectivity index (χ1v) is 10.3. The third-order valence-electron chi connectivity index (χ3n) is 4.63. The third kappa shape index (κ3) is 4.86. The highest BCUT2D eigenvalue weighted by molar-refractivity contribution is 7.99. The molecule has 140 valence electrons. The van der Waals surface area contributed by atoms with Crippen LogP contribution in [0, 0.1) is 0 Å². The van der Waals surface area contributed by atoms with Gasteiger partial charge in [-0.25, -0.2) is 0 Å². The van der Waals surface area contributed by atoms with E-state index in [9.17, 15) is 4.79 Å². The number of thioether (sulfide) groups is 1. The maximum absolute atomic E-state index is 12.1. The van der Waals surface area contributed by atoms with Gasteiger partial charge in [0.05, 0.1) is 12.3 Å². The van der Waals surface area contributed by atoms with Crippen LogP contribution in [0.3, 0.4) is 0 Å². The molecule has 7 heteroatoms. The van der Waals surface area contributed by atoms with Crippen LogP contribution in [0.5, 0.6) is 0 Å². The predicted octanol–water partition coefficient (Wildman–Crippen LogP) is 2.87. The highest BCUT2D eigenvalue weighted by Crippen LogP contribution is 2.23. The second-order valence-electron chi connectivity index (χ2n) is 6.72. The highest BCUT2D eigenvalue weighted by atomic mass is 32.2. The first-order chi connectivity index (χ1) is 12.7. The molecular weight excluding hydrogens is 346 g/mol. The standard InChI is InChI=1S/C19H27N5OS/c1-3-15(2)20-18(25)14-26-19-22-21-17(13-23-11-7-8-12-23)24(19)16-9-5-4-6-10-16/h4-6,9-10,15H,3,7-8,11-14H2,1-2H3,(H,20,25). The molecule has 1 saturated heterocycles. The topological polar surface area (TPSA) is 63.1 Å². The van der Waals surface area contributed by atoms with E-state index in [0.29, 0.717) is 5.75 Å². The lowest BCUT2D eigenvalue weighted by Crippen LogP contribution is -2.33. The van der Waals surface area contributed by atoms with Gasteiger partial charge in [0.15, 0.2) is 11.0 Å². The van der Waals surface area contributed by atoms with Crippen LogP contribution >= 0.6 is 11.8 Å². The van der Waals surface area contributed by atoms with Crippen LogP contribution in [0.4, 0.5) is 0 Å². The third-order valence-corrected chi connectivity index (χ3v) is 5.56. The van der Waals surface area contributed by atoms with Gasteiger partial charge in [-0.05, 0) is 51.4 Å². The van der Waals surface area contributed by atoms with Gasteiger partial charge in [0.25, 0.3) is 0 Å². The maximum Gasteiger partial charge on any atom is 0.230 e. The van der Waals surface area contributed by atoms with Gasteiger partial charge in [0.1, 0.15) is 0 Å². The summed E-state index contributed by atoms with van der Waals surface area (Å²) in [4.78, 5) is 14.5. The van der Waals surface area contributed by atoms with Crippen molar-refractivity contribution in [3.8, 4) is 5.69 Å². The molecular formula is C19H27N5OS. The largest absolute Gasteiger partial charge is 0.353 e. The fourth-order valence-corrected chi connectivity index (χ4v) is 3.80. The number of aromatic nitrogens is 3. The Labute approximate surface area is 159 Å². The van der Waals surface area contributed by atoms with E-state index in [1.54, 1.807) is 0 Å². The number of carbonyl (C=O) groups excluding carboxylic acids is 1. The lowest BCUT2D eigenvalue weighted by molar-refractivity contribution is -0.119. The zero-order chi connectivity index (χ0) is 18.4. The molecule has 3 rings (SSSR count). The minimum Gasteiger partial charge on any atom is -0.353 e. The Morgan fingerprint density at radius 1 is 1.23 bits per heavy atom. The summed E-state index contributed by atoms with van der Waals surface area (Å²) in [6, 6.07) is 10.3. The van der Waals surface area contributed by atoms with Crippen molar-refractivity contribution in [2.45, 2.75) is 50.9 Å². The number of benzene rings is 1. The number of nitrogens with one attached hydrogen (secondary N) is 1. The number of carbonyl (C=O) groups is 1. The van der Waals surface area contributed by atoms with Gasteiger partial charge in [0, 0.05) is 11.7 Å². The first-order valence-electron chi connectivity index (χ1n) is 9.31. The van der Waals surface area contributed by atoms with Gasteiger partial charge in [-0.3, -0.25) is 14.3 Å². The minimum atomic E-state index is 0.0352. The second kappa shape index (κ2) is 9.19. The first kappa shape index (κ1) is 18.9. The highest BCUT2D eigenvalue weighted by Gasteiger charge is 2.20. The van der Waals surface area contributed by atoms with Gasteiger partial charge in [-0.2, -0.15) is 0 Å². The van der Waals surface area contributed by atoms with Crippen LogP contribution in [0.1, 0.15) is 38.9 Å². The number of hydrogen-bond donors (Lipinski definition) is 1. The predicted molar refractivity (Wildman–Crippen MR) is 104 cm³/mol. The summed E-state index contributed by atoms with van der Waals surface area (Å²) < 4.78 is 2.08. The second-order valence-corrected chi connectivity index (χ2v) is 7.66. The summed E-state index contributed by atoms with van der Waals surface area (Å²) in [6.07, 6.45) is 3.42. The van der Waals surface area contributed by atoms with Crippen molar-refractivity contribution in [1.29, 1.82) is 0 Å². The number of nitrogens with zero attached hydrogens (tertiary/aromatic N) is 4. The number of likely N-dealkylation sites (tertiary alicyclic amines) is 1. The average molecular weight is 374 g/mol. The monoisotopic (exact) mass is 373 g/mol. The fourth-order valence-electron chi connectivity index (χ4n) is 3.02. The Morgan fingerprint density at radius 2 is 1.96 bits per heavy atom. The smallest absolute Gasteiger partial charge is 0.230 e. The summed E-state index contributed by atoms with van der Waals surface area (Å²) in [5.74, 6) is 1.31. The summed E-state index contributed by atoms with van der Waals surface area (Å²) >= 11 is 1.44. The van der Waals surface area contributed by atoms with Crippen LogP contribution < -0.4 is 5.32 Å². The lowest BCUT2D eigenvalue weighted by atomic mass is 10.3. The Morgan fingerprint density at radius 3 is 2.65 bits per heavy atom. The van der Waals surface area contributed by atoms with Crippen molar-refractivity contribution in [2.75, 3.05) is 18.8 Å². The van der Waals surface area contributed by atoms with Crippen molar-refractivity contribution >= 4 is 17.7 Å². The number of amides is 1. The van der Waals surface area contributed by atoms with Gasteiger partial charge in [0.2, 0.25) is 5.91 Å². The fraction of sp³-hybridized carbons (Fsp3) is 0.526. The Bertz CT molecular complexity index is 712. The van der Waals surface area contributed by atoms with Crippen molar-refractivity contribution in [3.05, 3.63) is 36.2 Å². The Hall–Kier alpha value is -1.86. The average Bonchev–Trinajstić information content (AvgIpc) is 3.31. The molecule has 0 bridgehead atoms. The van der Waals surface area contributed by atoms with Gasteiger partial charge in [-0.15, -0.1) is 10.2 Å². The van der Waals surface area contributed by atoms with E-state index in [1.807, 2.05) is 25.1 Å². The molecule has 1 aliphatic heterocycles. The molecule has 0 aliphatic carbocycles. The number of hydrogen-bond acceptors (Lipinski definition) is 5. The summed E-state index contributed by atoms with van der Waals surface area (Å²) in [7, 11) is 0. The Kier molecular flexibility index (Phi) is 6.68. The summed E-state index contributed by atoms with van der Waals surface area (Å²) in [6.45, 7) is 7.10. The maximum atomic E-state index is 12.1. The molecule has 1 fully saturated rings. The van der Waals surface area contributed by atoms with E-state index < -0.39 is 0 Å². The van der Waals surface area contributed by atoms with E-state index in [2.05, 4.69) is 44.0 Å². The molecule has 26 heavy (non-hydrogen) atoms. The lowest BCUT2D eigenvalue weighted by Gasteiger charge is -2.16. The number of para-hydroxylation sites is 1. The van der Waals surface area contributed by atoms with Crippen molar-refractivity contribution in [3.63, 3.8) is 0 Å². The van der Waals surface area contributed by atoms with E-state index in [4.69, 9.17) is 0 Å². The summed E-state index contributed by atoms with van der Waals surface area (Å²) in [5.41, 5.74) is 1.04. The molecule has 2 heterocycles. The molecule has 6 nitrogen and oxygen atoms in total. The van der Waals surface area contributed by atoms with E-state index in [-0.39, 0.29) is 11.9 Å². The van der Waals surface area contributed by atoms with Crippen molar-refractivity contribution < 1.29 is 4.79 Å². The molecule has 1 unspecified atom stereocenters. The van der Waals surface area contributed by atoms with E-state index >= 15 is 0 Å². The quantitative estimate of drug-likeness (QED) is 0.721. The molecule has 2 aromatic rings. The molecule has 1 atom stereocenters. The molecule has 0 spiro atoms. The molecule has 1 N–H and O–H groups in total. The zero-order valence-corrected chi connectivity index (χ0v) is 16.3. The van der Waals surface area contributed by atoms with E-state index in [0.717, 1.165) is 42.7 Å². The molecule has 1 amide bonds. The molecule has 1 aromatic carbocycles. The van der Waals surface area contributed by atoms with Crippen LogP contribution in [0.2, 0.25) is 0 Å². The van der Waals surface area contributed by atoms with E-state index in [1.165, 1.54) is 24.6 Å². The molecule has 1 aromatic heterocycles. The normalized spacial score (nSPS) is 15.9. The van der Waals surface area contributed by atoms with Crippen molar-refractivity contribution in [1.82, 2.24) is 25.0 Å². The number of rotatable bonds is 8. The van der Waals surface area contributed by atoms with Crippen LogP contribution in [0.25, 0.3) is 5.69 Å². The van der Waals surface area contributed by atoms with Gasteiger partial charge < -0.3 is 5.32 Å². The van der Waals surface area contributed by atoms with Crippen molar-refractivity contribution in [2.24, 2.45) is 0 Å². The summed E-state index contributed by atoms with van der Waals surface area (Å²) in [5, 5.41) is 12.6. The molecule has 0 radical (unpaired) electrons. The zero-order valence-electron chi connectivity index (χ0n) is 15.5.